The van der Waals surface area contributed by atoms with Gasteiger partial charge in [0.25, 0.3) is 0 Å². The highest BCUT2D eigenvalue weighted by Crippen LogP contribution is 2.29. The van der Waals surface area contributed by atoms with Crippen LogP contribution in [-0.2, 0) is 4.79 Å². The van der Waals surface area contributed by atoms with Gasteiger partial charge in [-0.15, -0.1) is 0 Å². The Morgan fingerprint density at radius 2 is 1.57 bits per heavy atom. The molecule has 7 nitrogen and oxygen atoms in total. The molecule has 0 aliphatic heterocycles. The highest BCUT2D eigenvalue weighted by Gasteiger charge is 2.22. The lowest BCUT2D eigenvalue weighted by molar-refractivity contribution is -0.234. The number of carbonyl (C=O) groups excluding carboxylic acids is 2. The number of Topliss-reactive ketones (excluding diaryl/α,β-unsaturated/α-hetero) is 1. The molecule has 0 radical (unpaired) electrons. The van der Waals surface area contributed by atoms with Gasteiger partial charge in [0, 0.05) is 10.5 Å². The quantitative estimate of drug-likeness (QED) is 0.125. The second kappa shape index (κ2) is 9.01. The van der Waals surface area contributed by atoms with Crippen LogP contribution in [0.15, 0.2) is 47.1 Å². The number of carbonyl (C=O) groups is 2. The summed E-state index contributed by atoms with van der Waals surface area (Å²) in [4.78, 5) is 23.9. The number of aliphatic hydroxyl groups excluding tert-OH is 1. The minimum atomic E-state index is -2.92. The van der Waals surface area contributed by atoms with Crippen LogP contribution in [0, 0.1) is 13.8 Å². The van der Waals surface area contributed by atoms with E-state index in [1.54, 1.807) is 39.8 Å². The van der Waals surface area contributed by atoms with E-state index in [2.05, 4.69) is 0 Å². The number of hydrogen-bond donors (Lipinski definition) is 4. The standard InChI is InChI=1S/C22H24O7S/c1-13-9-15(10-14(2)20(13)29-21(3,4)12-23)11-18(24)19(25)16-5-7-17(8-6-16)30-22(26,27)28/h5-12,24,26-28H,1-4H3/b18-11-. The van der Waals surface area contributed by atoms with E-state index >= 15 is 0 Å². The number of ketones is 1. The summed E-state index contributed by atoms with van der Waals surface area (Å²) in [6, 6.07) is 9.09. The lowest BCUT2D eigenvalue weighted by Gasteiger charge is -2.23. The molecule has 0 atom stereocenters. The normalized spacial score (nSPS) is 12.6. The Morgan fingerprint density at radius 1 is 1.03 bits per heavy atom. The SMILES string of the molecule is Cc1cc(/C=C(\O)C(=O)c2ccc(SC(O)(O)O)cc2)cc(C)c1OC(C)(C)C=O. The third-order valence-electron chi connectivity index (χ3n) is 4.04. The molecule has 2 rings (SSSR count). The Bertz CT molecular complexity index is 947. The smallest absolute Gasteiger partial charge is 0.334 e. The van der Waals surface area contributed by atoms with E-state index in [1.165, 1.54) is 30.3 Å². The van der Waals surface area contributed by atoms with E-state index in [9.17, 15) is 14.7 Å². The van der Waals surface area contributed by atoms with Crippen LogP contribution >= 0.6 is 11.8 Å². The van der Waals surface area contributed by atoms with Crippen molar-refractivity contribution in [3.05, 3.63) is 64.4 Å². The summed E-state index contributed by atoms with van der Waals surface area (Å²) < 4.78 is 5.76. The molecule has 0 aliphatic carbocycles. The number of aldehydes is 1. The molecule has 0 saturated carbocycles. The van der Waals surface area contributed by atoms with Crippen LogP contribution in [0.4, 0.5) is 0 Å². The Morgan fingerprint density at radius 3 is 2.03 bits per heavy atom. The summed E-state index contributed by atoms with van der Waals surface area (Å²) in [5.74, 6) is -0.527. The van der Waals surface area contributed by atoms with Crippen molar-refractivity contribution in [1.82, 2.24) is 0 Å². The van der Waals surface area contributed by atoms with E-state index in [1.807, 2.05) is 0 Å². The van der Waals surface area contributed by atoms with Crippen LogP contribution in [0.2, 0.25) is 0 Å². The van der Waals surface area contributed by atoms with Crippen molar-refractivity contribution < 1.29 is 34.8 Å². The van der Waals surface area contributed by atoms with E-state index in [-0.39, 0.29) is 5.56 Å². The second-order valence-corrected chi connectivity index (χ2v) is 8.59. The monoisotopic (exact) mass is 432 g/mol. The van der Waals surface area contributed by atoms with E-state index in [4.69, 9.17) is 20.1 Å². The third kappa shape index (κ3) is 6.43. The molecule has 2 aromatic rings. The van der Waals surface area contributed by atoms with Gasteiger partial charge in [-0.25, -0.2) is 0 Å². The summed E-state index contributed by atoms with van der Waals surface area (Å²) in [6.07, 6.45) is 2.05. The molecule has 160 valence electrons. The van der Waals surface area contributed by atoms with Gasteiger partial charge < -0.3 is 25.2 Å². The Kier molecular flexibility index (Phi) is 7.10. The molecule has 8 heteroatoms. The zero-order chi connectivity index (χ0) is 22.7. The van der Waals surface area contributed by atoms with Crippen molar-refractivity contribution in [3.63, 3.8) is 0 Å². The lowest BCUT2D eigenvalue weighted by Crippen LogP contribution is -2.30. The Balaban J connectivity index is 2.24. The summed E-state index contributed by atoms with van der Waals surface area (Å²) in [7, 11) is 0. The molecular weight excluding hydrogens is 408 g/mol. The Hall–Kier alpha value is -2.65. The molecular formula is C22H24O7S. The van der Waals surface area contributed by atoms with Crippen LogP contribution < -0.4 is 4.74 Å². The first kappa shape index (κ1) is 23.6. The molecule has 0 amide bonds. The molecule has 0 spiro atoms. The van der Waals surface area contributed by atoms with Crippen LogP contribution in [0.3, 0.4) is 0 Å². The first-order valence-corrected chi connectivity index (χ1v) is 9.81. The first-order chi connectivity index (χ1) is 13.8. The minimum absolute atomic E-state index is 0.189. The van der Waals surface area contributed by atoms with Gasteiger partial charge >= 0.3 is 5.31 Å². The van der Waals surface area contributed by atoms with Gasteiger partial charge in [0.1, 0.15) is 5.75 Å². The predicted molar refractivity (Wildman–Crippen MR) is 113 cm³/mol. The molecule has 0 saturated heterocycles. The molecule has 30 heavy (non-hydrogen) atoms. The summed E-state index contributed by atoms with van der Waals surface area (Å²) >= 11 is 0.387. The van der Waals surface area contributed by atoms with Gasteiger partial charge in [0.05, 0.1) is 0 Å². The number of ether oxygens (including phenoxy) is 1. The highest BCUT2D eigenvalue weighted by atomic mass is 32.2. The van der Waals surface area contributed by atoms with Crippen LogP contribution in [0.5, 0.6) is 5.75 Å². The molecule has 2 aromatic carbocycles. The van der Waals surface area contributed by atoms with Crippen LogP contribution in [0.1, 0.15) is 40.9 Å². The summed E-state index contributed by atoms with van der Waals surface area (Å²) in [5, 5.41) is 34.3. The summed E-state index contributed by atoms with van der Waals surface area (Å²) in [6.45, 7) is 6.92. The zero-order valence-electron chi connectivity index (χ0n) is 17.0. The second-order valence-electron chi connectivity index (χ2n) is 7.37. The molecule has 0 fully saturated rings. The maximum atomic E-state index is 12.5. The van der Waals surface area contributed by atoms with E-state index in [0.717, 1.165) is 17.4 Å². The van der Waals surface area contributed by atoms with Crippen LogP contribution in [-0.4, -0.2) is 43.4 Å². The van der Waals surface area contributed by atoms with Crippen molar-refractivity contribution in [2.75, 3.05) is 0 Å². The average molecular weight is 432 g/mol. The number of rotatable bonds is 8. The van der Waals surface area contributed by atoms with Crippen molar-refractivity contribution in [2.45, 2.75) is 43.5 Å². The van der Waals surface area contributed by atoms with Gasteiger partial charge in [0.15, 0.2) is 17.6 Å². The van der Waals surface area contributed by atoms with Gasteiger partial charge in [-0.2, -0.15) is 0 Å². The summed E-state index contributed by atoms with van der Waals surface area (Å²) in [5.41, 5.74) is 1.30. The van der Waals surface area contributed by atoms with Crippen LogP contribution in [0.25, 0.3) is 6.08 Å². The van der Waals surface area contributed by atoms with Crippen molar-refractivity contribution in [1.29, 1.82) is 0 Å². The van der Waals surface area contributed by atoms with Gasteiger partial charge in [-0.05, 0) is 98.6 Å². The van der Waals surface area contributed by atoms with Gasteiger partial charge in [-0.1, -0.05) is 0 Å². The Labute approximate surface area is 178 Å². The number of hydrogen-bond acceptors (Lipinski definition) is 8. The van der Waals surface area contributed by atoms with Crippen molar-refractivity contribution >= 4 is 29.9 Å². The van der Waals surface area contributed by atoms with Crippen molar-refractivity contribution in [2.24, 2.45) is 0 Å². The number of thioether (sulfide) groups is 1. The molecule has 4 N–H and O–H groups in total. The maximum Gasteiger partial charge on any atom is 0.334 e. The minimum Gasteiger partial charge on any atom is -0.504 e. The highest BCUT2D eigenvalue weighted by molar-refractivity contribution is 8.00. The fraction of sp³-hybridized carbons (Fsp3) is 0.273. The fourth-order valence-electron chi connectivity index (χ4n) is 2.72. The molecule has 0 unspecified atom stereocenters. The van der Waals surface area contributed by atoms with E-state index < -0.39 is 22.4 Å². The molecule has 0 aliphatic rings. The first-order valence-electron chi connectivity index (χ1n) is 8.99. The molecule has 0 bridgehead atoms. The zero-order valence-corrected chi connectivity index (χ0v) is 17.9. The number of allylic oxidation sites excluding steroid dienone is 1. The molecule has 0 heterocycles. The number of aliphatic hydroxyl groups is 4. The van der Waals surface area contributed by atoms with Gasteiger partial charge in [-0.3, -0.25) is 9.59 Å². The van der Waals surface area contributed by atoms with Crippen molar-refractivity contribution in [3.8, 4) is 5.75 Å². The van der Waals surface area contributed by atoms with Gasteiger partial charge in [0.2, 0.25) is 5.78 Å². The largest absolute Gasteiger partial charge is 0.504 e. The topological polar surface area (TPSA) is 124 Å². The third-order valence-corrected chi connectivity index (χ3v) is 4.82. The maximum absolute atomic E-state index is 12.5. The molecule has 0 aromatic heterocycles. The lowest BCUT2D eigenvalue weighted by atomic mass is 10.0. The fourth-order valence-corrected chi connectivity index (χ4v) is 3.31. The number of aryl methyl sites for hydroxylation is 2. The predicted octanol–water partition coefficient (Wildman–Crippen LogP) is 3.12. The number of benzene rings is 2. The average Bonchev–Trinajstić information content (AvgIpc) is 2.63. The van der Waals surface area contributed by atoms with E-state index in [0.29, 0.717) is 28.0 Å².